The van der Waals surface area contributed by atoms with Crippen LogP contribution in [0.5, 0.6) is 0 Å². The van der Waals surface area contributed by atoms with Crippen molar-refractivity contribution in [2.24, 2.45) is 0 Å². The van der Waals surface area contributed by atoms with Crippen LogP contribution >= 0.6 is 0 Å². The molecule has 2 heterocycles. The maximum absolute atomic E-state index is 12.0. The number of nitrogens with zero attached hydrogens (tertiary/aromatic N) is 2. The average Bonchev–Trinajstić information content (AvgIpc) is 3.23. The van der Waals surface area contributed by atoms with Gasteiger partial charge in [-0.3, -0.25) is 24.1 Å². The Morgan fingerprint density at radius 1 is 1.03 bits per heavy atom. The predicted molar refractivity (Wildman–Crippen MR) is 102 cm³/mol. The second-order valence-electron chi connectivity index (χ2n) is 7.30. The molecule has 0 aliphatic carbocycles. The molecule has 1 unspecified atom stereocenters. The Balaban J connectivity index is 1.54. The maximum Gasteiger partial charge on any atom is 0.334 e. The minimum absolute atomic E-state index is 0.0221. The Kier molecular flexibility index (Phi) is 9.04. The number of imide groups is 1. The summed E-state index contributed by atoms with van der Waals surface area (Å²) in [7, 11) is 0. The van der Waals surface area contributed by atoms with Gasteiger partial charge in [0.1, 0.15) is 0 Å². The van der Waals surface area contributed by atoms with Crippen molar-refractivity contribution in [2.45, 2.75) is 64.3 Å². The van der Waals surface area contributed by atoms with Crippen molar-refractivity contribution in [1.29, 1.82) is 0 Å². The first kappa shape index (κ1) is 22.8. The lowest BCUT2D eigenvalue weighted by Gasteiger charge is -2.23. The van der Waals surface area contributed by atoms with Crippen LogP contribution in [0.3, 0.4) is 0 Å². The first-order chi connectivity index (χ1) is 13.9. The lowest BCUT2D eigenvalue weighted by Crippen LogP contribution is -2.41. The van der Waals surface area contributed by atoms with Crippen LogP contribution in [0.4, 0.5) is 0 Å². The summed E-state index contributed by atoms with van der Waals surface area (Å²) in [6.45, 7) is 3.67. The average molecular weight is 419 g/mol. The summed E-state index contributed by atoms with van der Waals surface area (Å²) in [6, 6.07) is 0.472. The highest BCUT2D eigenvalue weighted by molar-refractivity contribution is 6.01. The van der Waals surface area contributed by atoms with E-state index in [2.05, 4.69) is 22.5 Å². The van der Waals surface area contributed by atoms with Crippen LogP contribution in [0.1, 0.15) is 58.3 Å². The van der Waals surface area contributed by atoms with Gasteiger partial charge in [-0.1, -0.05) is 13.3 Å². The molecule has 0 radical (unpaired) electrons. The largest absolute Gasteiger partial charge is 0.355 e. The smallest absolute Gasteiger partial charge is 0.334 e. The first-order valence-corrected chi connectivity index (χ1v) is 10.2. The molecule has 1 atom stereocenters. The fraction of sp³-hybridized carbons (Fsp3) is 0.737. The van der Waals surface area contributed by atoms with Gasteiger partial charge in [0.15, 0.2) is 0 Å². The minimum Gasteiger partial charge on any atom is -0.355 e. The topological polar surface area (TPSA) is 125 Å². The summed E-state index contributed by atoms with van der Waals surface area (Å²) < 4.78 is 0. The molecule has 0 aromatic heterocycles. The molecule has 10 heteroatoms. The number of likely N-dealkylation sites (tertiary alicyclic amines) is 1. The molecule has 2 aliphatic rings. The molecule has 2 aliphatic heterocycles. The Bertz CT molecular complexity index is 622. The fourth-order valence-corrected chi connectivity index (χ4v) is 3.52. The van der Waals surface area contributed by atoms with Gasteiger partial charge in [0.05, 0.1) is 13.0 Å². The molecule has 0 saturated carbocycles. The van der Waals surface area contributed by atoms with Crippen LogP contribution in [-0.2, 0) is 28.8 Å². The number of hydroxylamine groups is 2. The summed E-state index contributed by atoms with van der Waals surface area (Å²) in [6.07, 6.45) is 4.44. The zero-order chi connectivity index (χ0) is 21.2. The van der Waals surface area contributed by atoms with Crippen LogP contribution in [-0.4, -0.2) is 71.8 Å². The molecule has 162 valence electrons. The van der Waals surface area contributed by atoms with Crippen molar-refractivity contribution in [1.82, 2.24) is 20.6 Å². The third kappa shape index (κ3) is 7.45. The van der Waals surface area contributed by atoms with Gasteiger partial charge in [-0.05, 0) is 25.8 Å². The van der Waals surface area contributed by atoms with Crippen molar-refractivity contribution in [3.63, 3.8) is 0 Å². The van der Waals surface area contributed by atoms with Crippen LogP contribution in [0.2, 0.25) is 0 Å². The zero-order valence-corrected chi connectivity index (χ0v) is 16.9. The molecule has 29 heavy (non-hydrogen) atoms. The summed E-state index contributed by atoms with van der Waals surface area (Å²) in [5, 5.41) is 5.76. The van der Waals surface area contributed by atoms with Crippen molar-refractivity contribution in [2.75, 3.05) is 26.2 Å². The maximum atomic E-state index is 12.0. The van der Waals surface area contributed by atoms with E-state index < -0.39 is 17.8 Å². The third-order valence-corrected chi connectivity index (χ3v) is 4.99. The van der Waals surface area contributed by atoms with E-state index in [-0.39, 0.29) is 50.6 Å². The second kappa shape index (κ2) is 11.5. The molecule has 2 saturated heterocycles. The van der Waals surface area contributed by atoms with Crippen molar-refractivity contribution >= 4 is 29.6 Å². The Labute approximate surface area is 170 Å². The van der Waals surface area contributed by atoms with Crippen LogP contribution in [0.25, 0.3) is 0 Å². The Morgan fingerprint density at radius 3 is 2.38 bits per heavy atom. The van der Waals surface area contributed by atoms with Crippen molar-refractivity contribution in [3.8, 4) is 0 Å². The van der Waals surface area contributed by atoms with Crippen molar-refractivity contribution < 1.29 is 28.8 Å². The molecule has 2 rings (SSSR count). The Morgan fingerprint density at radius 2 is 1.69 bits per heavy atom. The van der Waals surface area contributed by atoms with E-state index in [9.17, 15) is 24.0 Å². The summed E-state index contributed by atoms with van der Waals surface area (Å²) in [5.41, 5.74) is 0. The molecule has 10 nitrogen and oxygen atoms in total. The van der Waals surface area contributed by atoms with E-state index in [1.165, 1.54) is 0 Å². The monoisotopic (exact) mass is 419 g/mol. The normalized spacial score (nSPS) is 19.5. The molecule has 0 aromatic rings. The fourth-order valence-electron chi connectivity index (χ4n) is 3.52. The van der Waals surface area contributed by atoms with Gasteiger partial charge in [0, 0.05) is 38.4 Å². The first-order valence-electron chi connectivity index (χ1n) is 10.2. The molecule has 4 amide bonds. The SMILES string of the molecule is CC[13CH2][13CH]1[13CH2][13CH2][13CH2]N1[13CH2][13C](=O)NCCC(=O)[15NH]CC[13C](=O)ON1C(=O)CCC1=O. The number of carbonyl (C=O) groups excluding carboxylic acids is 5. The minimum atomic E-state index is -0.769. The molecule has 2 fully saturated rings. The molecule has 0 spiro atoms. The highest BCUT2D eigenvalue weighted by atomic mass is 16.8. The van der Waals surface area contributed by atoms with E-state index in [1.807, 2.05) is 0 Å². The number of hydrogen-bond acceptors (Lipinski definition) is 7. The lowest BCUT2D eigenvalue weighted by molar-refractivity contribution is -0.197. The van der Waals surface area contributed by atoms with Crippen LogP contribution in [0, 0.1) is 0 Å². The lowest BCUT2D eigenvalue weighted by atomic mass is 10.4. The number of hydrogen-bond donors (Lipinski definition) is 2. The van der Waals surface area contributed by atoms with Crippen LogP contribution in [0.15, 0.2) is 0 Å². The molecular weight excluding hydrogens is 389 g/mol. The highest BCUT2D eigenvalue weighted by Crippen LogP contribution is 2.20. The standard InChI is InChI=1S/C19H30N4O6/c1-2-4-14-5-3-12-22(14)13-16(25)21-10-8-15(24)20-11-9-19(28)29-23-17(26)6-7-18(23)27/h14H,2-13H2,1H3,(H,20,24)(H,21,25)/i3+1,4+1,5+1,12+1,13+1,14+1,16+1,19+1,20+1. The number of nitrogens with one attached hydrogen (secondary N) is 2. The van der Waals surface area contributed by atoms with Gasteiger partial charge in [-0.25, -0.2) is 4.79 Å². The molecule has 2 N–H and O–H groups in total. The number of carbonyl (C=O) groups is 5. The summed E-state index contributed by atoms with van der Waals surface area (Å²) >= 11 is 0. The molecular formula is C19H30N4O6. The predicted octanol–water partition coefficient (Wildman–Crippen LogP) is -0.129. The van der Waals surface area contributed by atoms with E-state index in [0.29, 0.717) is 17.6 Å². The summed E-state index contributed by atoms with van der Waals surface area (Å²) in [5.74, 6) is -2.26. The van der Waals surface area contributed by atoms with Gasteiger partial charge >= 0.3 is 5.97 Å². The highest BCUT2D eigenvalue weighted by Gasteiger charge is 2.32. The zero-order valence-electron chi connectivity index (χ0n) is 16.9. The quantitative estimate of drug-likeness (QED) is 0.272. The molecule has 0 aromatic carbocycles. The van der Waals surface area contributed by atoms with Gasteiger partial charge < -0.3 is 15.5 Å². The number of rotatable bonds is 11. The van der Waals surface area contributed by atoms with E-state index in [4.69, 9.17) is 4.84 Å². The van der Waals surface area contributed by atoms with E-state index in [1.54, 1.807) is 0 Å². The van der Waals surface area contributed by atoms with Gasteiger partial charge in [-0.2, -0.15) is 0 Å². The second-order valence-corrected chi connectivity index (χ2v) is 7.30. The van der Waals surface area contributed by atoms with Gasteiger partial charge in [0.25, 0.3) is 11.8 Å². The summed E-state index contributed by atoms with van der Waals surface area (Å²) in [4.78, 5) is 65.1. The Hall–Kier alpha value is -2.49. The van der Waals surface area contributed by atoms with E-state index >= 15 is 0 Å². The third-order valence-electron chi connectivity index (χ3n) is 4.99. The van der Waals surface area contributed by atoms with E-state index in [0.717, 1.165) is 32.2 Å². The molecule has 0 bridgehead atoms. The number of amides is 4. The van der Waals surface area contributed by atoms with Crippen molar-refractivity contribution in [3.05, 3.63) is 0 Å². The van der Waals surface area contributed by atoms with Crippen LogP contribution < -0.4 is 10.6 Å². The van der Waals surface area contributed by atoms with Gasteiger partial charge in [-0.15, -0.1) is 5.06 Å². The van der Waals surface area contributed by atoms with Gasteiger partial charge in [0.2, 0.25) is 11.8 Å².